The molecule has 2 N–H and O–H groups in total. The van der Waals surface area contributed by atoms with Gasteiger partial charge >= 0.3 is 6.09 Å². The van der Waals surface area contributed by atoms with Crippen LogP contribution in [-0.4, -0.2) is 40.5 Å². The zero-order chi connectivity index (χ0) is 28.9. The normalized spacial score (nSPS) is 15.2. The number of hydrogen-bond donors (Lipinski definition) is 2. The molecule has 2 unspecified atom stereocenters. The molecule has 7 nitrogen and oxygen atoms in total. The summed E-state index contributed by atoms with van der Waals surface area (Å²) in [4.78, 5) is 43.1. The van der Waals surface area contributed by atoms with Crippen LogP contribution in [0, 0.1) is 26.7 Å². The monoisotopic (exact) mass is 535 g/mol. The second-order valence-corrected chi connectivity index (χ2v) is 12.2. The van der Waals surface area contributed by atoms with Gasteiger partial charge in [0.25, 0.3) is 5.91 Å². The van der Waals surface area contributed by atoms with E-state index in [2.05, 4.69) is 10.6 Å². The molecule has 1 aliphatic carbocycles. The average molecular weight is 536 g/mol. The molecule has 1 fully saturated rings. The van der Waals surface area contributed by atoms with Crippen LogP contribution in [0.5, 0.6) is 0 Å². The van der Waals surface area contributed by atoms with Crippen molar-refractivity contribution in [2.24, 2.45) is 5.92 Å². The highest BCUT2D eigenvalue weighted by Crippen LogP contribution is 2.36. The van der Waals surface area contributed by atoms with E-state index in [1.54, 1.807) is 25.7 Å². The molecule has 0 aromatic heterocycles. The quantitative estimate of drug-likeness (QED) is 0.378. The maximum atomic E-state index is 14.4. The number of nitrogens with one attached hydrogen (secondary N) is 2. The molecule has 2 atom stereocenters. The van der Waals surface area contributed by atoms with E-state index in [1.165, 1.54) is 0 Å². The molecule has 3 amide bonds. The lowest BCUT2D eigenvalue weighted by Crippen LogP contribution is -2.57. The lowest BCUT2D eigenvalue weighted by Gasteiger charge is -2.44. The Morgan fingerprint density at radius 1 is 0.974 bits per heavy atom. The fourth-order valence-corrected chi connectivity index (χ4v) is 4.91. The van der Waals surface area contributed by atoms with Crippen LogP contribution in [-0.2, 0) is 14.3 Å². The van der Waals surface area contributed by atoms with E-state index >= 15 is 0 Å². The lowest BCUT2D eigenvalue weighted by atomic mass is 9.86. The highest BCUT2D eigenvalue weighted by atomic mass is 16.6. The van der Waals surface area contributed by atoms with Crippen molar-refractivity contribution < 1.29 is 19.1 Å². The van der Waals surface area contributed by atoms with Crippen LogP contribution in [0.15, 0.2) is 42.5 Å². The van der Waals surface area contributed by atoms with Crippen LogP contribution < -0.4 is 10.6 Å². The van der Waals surface area contributed by atoms with E-state index in [4.69, 9.17) is 4.74 Å². The molecule has 2 aromatic rings. The van der Waals surface area contributed by atoms with Gasteiger partial charge in [0.15, 0.2) is 0 Å². The Labute approximate surface area is 233 Å². The van der Waals surface area contributed by atoms with Crippen molar-refractivity contribution in [1.82, 2.24) is 10.2 Å². The molecule has 3 rings (SSSR count). The first kappa shape index (κ1) is 30.2. The zero-order valence-electron chi connectivity index (χ0n) is 24.8. The fourth-order valence-electron chi connectivity index (χ4n) is 4.91. The number of nitrogens with zero attached hydrogens (tertiary/aromatic N) is 1. The molecular formula is C32H45N3O4. The summed E-state index contributed by atoms with van der Waals surface area (Å²) in [5.41, 5.74) is 3.77. The second kappa shape index (κ2) is 12.7. The van der Waals surface area contributed by atoms with Gasteiger partial charge in [-0.05, 0) is 101 Å². The molecule has 1 aliphatic rings. The number of para-hydroxylation sites is 1. The van der Waals surface area contributed by atoms with E-state index < -0.39 is 23.8 Å². The minimum absolute atomic E-state index is 0.0971. The van der Waals surface area contributed by atoms with Crippen molar-refractivity contribution >= 4 is 23.6 Å². The van der Waals surface area contributed by atoms with Crippen molar-refractivity contribution in [2.75, 3.05) is 5.32 Å². The van der Waals surface area contributed by atoms with Crippen LogP contribution in [0.4, 0.5) is 10.5 Å². The van der Waals surface area contributed by atoms with Gasteiger partial charge in [-0.15, -0.1) is 0 Å². The molecule has 39 heavy (non-hydrogen) atoms. The number of ether oxygens (including phenoxy) is 1. The number of rotatable bonds is 9. The van der Waals surface area contributed by atoms with E-state index in [9.17, 15) is 14.4 Å². The molecular weight excluding hydrogens is 490 g/mol. The van der Waals surface area contributed by atoms with Crippen LogP contribution in [0.25, 0.3) is 0 Å². The van der Waals surface area contributed by atoms with Crippen molar-refractivity contribution in [2.45, 2.75) is 105 Å². The van der Waals surface area contributed by atoms with Crippen molar-refractivity contribution in [1.29, 1.82) is 0 Å². The summed E-state index contributed by atoms with van der Waals surface area (Å²) in [6.07, 6.45) is 2.40. The number of aryl methyl sites for hydroxylation is 2. The third kappa shape index (κ3) is 7.84. The van der Waals surface area contributed by atoms with Crippen LogP contribution >= 0.6 is 0 Å². The second-order valence-electron chi connectivity index (χ2n) is 12.2. The Morgan fingerprint density at radius 3 is 2.18 bits per heavy atom. The third-order valence-corrected chi connectivity index (χ3v) is 7.29. The third-order valence-electron chi connectivity index (χ3n) is 7.29. The Balaban J connectivity index is 2.07. The first-order valence-corrected chi connectivity index (χ1v) is 14.0. The summed E-state index contributed by atoms with van der Waals surface area (Å²) >= 11 is 0. The van der Waals surface area contributed by atoms with Gasteiger partial charge in [-0.25, -0.2) is 4.79 Å². The molecule has 7 heteroatoms. The van der Waals surface area contributed by atoms with Gasteiger partial charge in [-0.1, -0.05) is 50.2 Å². The topological polar surface area (TPSA) is 87.7 Å². The molecule has 0 bridgehead atoms. The first-order valence-electron chi connectivity index (χ1n) is 14.0. The Morgan fingerprint density at radius 2 is 1.62 bits per heavy atom. The number of carbonyl (C=O) groups is 3. The summed E-state index contributed by atoms with van der Waals surface area (Å²) < 4.78 is 5.50. The Kier molecular flexibility index (Phi) is 9.81. The standard InChI is InChI=1S/C32H45N3O4/c1-20(2)19-27(34-31(38)39-32(6,7)8)30(37)35(24-15-12-16-24)28(25-17-11-14-21(3)23(25)5)29(36)33-26-18-10-9-13-22(26)4/h9-11,13-14,17-18,20,24,27-28H,12,15-16,19H2,1-8H3,(H,33,36)(H,34,38). The Bertz CT molecular complexity index is 1180. The molecule has 0 radical (unpaired) electrons. The molecule has 0 aliphatic heterocycles. The maximum absolute atomic E-state index is 14.4. The predicted octanol–water partition coefficient (Wildman–Crippen LogP) is 6.61. The van der Waals surface area contributed by atoms with Crippen LogP contribution in [0.3, 0.4) is 0 Å². The molecule has 2 aromatic carbocycles. The van der Waals surface area contributed by atoms with E-state index in [-0.39, 0.29) is 23.8 Å². The fraction of sp³-hybridized carbons (Fsp3) is 0.531. The predicted molar refractivity (Wildman–Crippen MR) is 156 cm³/mol. The number of benzene rings is 2. The van der Waals surface area contributed by atoms with Crippen molar-refractivity contribution in [3.8, 4) is 0 Å². The summed E-state index contributed by atoms with van der Waals surface area (Å²) in [5.74, 6) is -0.388. The van der Waals surface area contributed by atoms with Crippen LogP contribution in [0.2, 0.25) is 0 Å². The molecule has 212 valence electrons. The number of anilines is 1. The summed E-state index contributed by atoms with van der Waals surface area (Å²) in [5, 5.41) is 5.93. The van der Waals surface area contributed by atoms with Gasteiger partial charge in [-0.2, -0.15) is 0 Å². The molecule has 1 saturated carbocycles. The Hall–Kier alpha value is -3.35. The van der Waals surface area contributed by atoms with E-state index in [0.29, 0.717) is 12.1 Å². The maximum Gasteiger partial charge on any atom is 0.408 e. The van der Waals surface area contributed by atoms with Crippen molar-refractivity contribution in [3.05, 3.63) is 64.7 Å². The number of hydrogen-bond acceptors (Lipinski definition) is 4. The molecule has 0 spiro atoms. The molecule has 0 heterocycles. The van der Waals surface area contributed by atoms with Gasteiger partial charge in [0.1, 0.15) is 17.7 Å². The minimum Gasteiger partial charge on any atom is -0.444 e. The smallest absolute Gasteiger partial charge is 0.408 e. The average Bonchev–Trinajstić information content (AvgIpc) is 2.79. The minimum atomic E-state index is -0.850. The number of carbonyl (C=O) groups excluding carboxylic acids is 3. The van der Waals surface area contributed by atoms with Gasteiger partial charge in [0.05, 0.1) is 0 Å². The van der Waals surface area contributed by atoms with Gasteiger partial charge in [0, 0.05) is 11.7 Å². The highest BCUT2D eigenvalue weighted by Gasteiger charge is 2.42. The summed E-state index contributed by atoms with van der Waals surface area (Å²) in [6.45, 7) is 15.3. The molecule has 0 saturated heterocycles. The van der Waals surface area contributed by atoms with Gasteiger partial charge in [-0.3, -0.25) is 9.59 Å². The van der Waals surface area contributed by atoms with Gasteiger partial charge < -0.3 is 20.3 Å². The van der Waals surface area contributed by atoms with Crippen molar-refractivity contribution in [3.63, 3.8) is 0 Å². The SMILES string of the molecule is Cc1ccccc1NC(=O)C(c1cccc(C)c1C)N(C(=O)C(CC(C)C)NC(=O)OC(C)(C)C)C1CCC1. The highest BCUT2D eigenvalue weighted by molar-refractivity contribution is 5.99. The zero-order valence-corrected chi connectivity index (χ0v) is 24.8. The number of amides is 3. The van der Waals surface area contributed by atoms with E-state index in [1.807, 2.05) is 77.1 Å². The van der Waals surface area contributed by atoms with E-state index in [0.717, 1.165) is 41.5 Å². The summed E-state index contributed by atoms with van der Waals surface area (Å²) in [7, 11) is 0. The largest absolute Gasteiger partial charge is 0.444 e. The van der Waals surface area contributed by atoms with Crippen LogP contribution in [0.1, 0.15) is 88.6 Å². The number of alkyl carbamates (subject to hydrolysis) is 1. The first-order chi connectivity index (χ1) is 18.3. The lowest BCUT2D eigenvalue weighted by molar-refractivity contribution is -0.146. The van der Waals surface area contributed by atoms with Gasteiger partial charge in [0.2, 0.25) is 5.91 Å². The summed E-state index contributed by atoms with van der Waals surface area (Å²) in [6, 6.07) is 11.7.